The van der Waals surface area contributed by atoms with E-state index in [9.17, 15) is 5.26 Å². The van der Waals surface area contributed by atoms with Gasteiger partial charge in [-0.05, 0) is 23.8 Å². The third-order valence-corrected chi connectivity index (χ3v) is 4.28. The summed E-state index contributed by atoms with van der Waals surface area (Å²) >= 11 is 0. The molecule has 0 spiro atoms. The first-order chi connectivity index (χ1) is 12.2. The van der Waals surface area contributed by atoms with Crippen molar-refractivity contribution in [3.8, 4) is 23.3 Å². The highest BCUT2D eigenvalue weighted by Gasteiger charge is 2.22. The van der Waals surface area contributed by atoms with Crippen molar-refractivity contribution in [1.29, 1.82) is 5.26 Å². The summed E-state index contributed by atoms with van der Waals surface area (Å²) in [4.78, 5) is 0. The standard InChI is InChI=1S/C21H19NO3/c1-23-15-8-6-7-14(11-15)19(13-22)18-12-20(24-2)16-9-4-5-10-17(16)21(18)25-3/h4-12,19H,1-3H3. The average Bonchev–Trinajstić information content (AvgIpc) is 2.68. The number of rotatable bonds is 5. The number of nitrogens with zero attached hydrogens (tertiary/aromatic N) is 1. The molecule has 0 heterocycles. The quantitative estimate of drug-likeness (QED) is 0.689. The van der Waals surface area contributed by atoms with Crippen LogP contribution in [0.2, 0.25) is 0 Å². The number of fused-ring (bicyclic) bond motifs is 1. The molecule has 0 bridgehead atoms. The lowest BCUT2D eigenvalue weighted by molar-refractivity contribution is 0.405. The van der Waals surface area contributed by atoms with E-state index in [1.54, 1.807) is 21.3 Å². The van der Waals surface area contributed by atoms with Gasteiger partial charge in [-0.25, -0.2) is 0 Å². The van der Waals surface area contributed by atoms with Gasteiger partial charge in [0.05, 0.1) is 27.4 Å². The van der Waals surface area contributed by atoms with E-state index < -0.39 is 5.92 Å². The third kappa shape index (κ3) is 2.97. The molecule has 4 nitrogen and oxygen atoms in total. The largest absolute Gasteiger partial charge is 0.497 e. The Kier molecular flexibility index (Phi) is 4.76. The van der Waals surface area contributed by atoms with Crippen molar-refractivity contribution in [3.05, 3.63) is 65.7 Å². The second-order valence-electron chi connectivity index (χ2n) is 5.59. The van der Waals surface area contributed by atoms with Gasteiger partial charge in [-0.15, -0.1) is 0 Å². The first-order valence-corrected chi connectivity index (χ1v) is 7.90. The zero-order chi connectivity index (χ0) is 17.8. The van der Waals surface area contributed by atoms with Crippen LogP contribution in [-0.2, 0) is 0 Å². The molecule has 0 radical (unpaired) electrons. The molecular formula is C21H19NO3. The zero-order valence-electron chi connectivity index (χ0n) is 14.4. The van der Waals surface area contributed by atoms with Crippen molar-refractivity contribution in [1.82, 2.24) is 0 Å². The van der Waals surface area contributed by atoms with Crippen LogP contribution in [0.25, 0.3) is 10.8 Å². The van der Waals surface area contributed by atoms with Crippen LogP contribution in [0, 0.1) is 11.3 Å². The molecule has 0 N–H and O–H groups in total. The van der Waals surface area contributed by atoms with Crippen LogP contribution in [0.1, 0.15) is 17.0 Å². The molecule has 4 heteroatoms. The molecule has 3 rings (SSSR count). The third-order valence-electron chi connectivity index (χ3n) is 4.28. The van der Waals surface area contributed by atoms with E-state index in [4.69, 9.17) is 14.2 Å². The lowest BCUT2D eigenvalue weighted by Gasteiger charge is -2.19. The summed E-state index contributed by atoms with van der Waals surface area (Å²) in [5.41, 5.74) is 1.62. The molecule has 0 saturated carbocycles. The van der Waals surface area contributed by atoms with Gasteiger partial charge >= 0.3 is 0 Å². The summed E-state index contributed by atoms with van der Waals surface area (Å²) in [6, 6.07) is 19.6. The predicted molar refractivity (Wildman–Crippen MR) is 97.5 cm³/mol. The summed E-state index contributed by atoms with van der Waals surface area (Å²) in [6.45, 7) is 0. The van der Waals surface area contributed by atoms with Crippen molar-refractivity contribution in [2.24, 2.45) is 0 Å². The highest BCUT2D eigenvalue weighted by atomic mass is 16.5. The molecule has 3 aromatic carbocycles. The van der Waals surface area contributed by atoms with Crippen molar-refractivity contribution < 1.29 is 14.2 Å². The summed E-state index contributed by atoms with van der Waals surface area (Å²) in [7, 11) is 4.86. The van der Waals surface area contributed by atoms with Gasteiger partial charge in [-0.2, -0.15) is 5.26 Å². The number of nitriles is 1. The van der Waals surface area contributed by atoms with E-state index in [0.29, 0.717) is 11.5 Å². The minimum Gasteiger partial charge on any atom is -0.497 e. The Morgan fingerprint density at radius 1 is 0.840 bits per heavy atom. The molecule has 25 heavy (non-hydrogen) atoms. The van der Waals surface area contributed by atoms with Gasteiger partial charge in [-0.1, -0.05) is 36.4 Å². The Morgan fingerprint density at radius 3 is 2.24 bits per heavy atom. The molecule has 0 saturated heterocycles. The number of ether oxygens (including phenoxy) is 3. The van der Waals surface area contributed by atoms with Crippen LogP contribution in [0.4, 0.5) is 0 Å². The van der Waals surface area contributed by atoms with Crippen molar-refractivity contribution in [2.45, 2.75) is 5.92 Å². The Balaban J connectivity index is 2.27. The summed E-state index contributed by atoms with van der Waals surface area (Å²) < 4.78 is 16.5. The van der Waals surface area contributed by atoms with Crippen LogP contribution < -0.4 is 14.2 Å². The molecule has 0 amide bonds. The Bertz CT molecular complexity index is 944. The van der Waals surface area contributed by atoms with E-state index in [-0.39, 0.29) is 0 Å². The minimum atomic E-state index is -0.497. The summed E-state index contributed by atoms with van der Waals surface area (Å²) in [6.07, 6.45) is 0. The molecule has 0 aliphatic rings. The lowest BCUT2D eigenvalue weighted by Crippen LogP contribution is -2.03. The second kappa shape index (κ2) is 7.14. The fourth-order valence-corrected chi connectivity index (χ4v) is 3.09. The summed E-state index contributed by atoms with van der Waals surface area (Å²) in [5.74, 6) is 1.62. The Labute approximate surface area is 147 Å². The molecular weight excluding hydrogens is 314 g/mol. The molecule has 1 atom stereocenters. The van der Waals surface area contributed by atoms with Gasteiger partial charge in [0, 0.05) is 16.3 Å². The average molecular weight is 333 g/mol. The van der Waals surface area contributed by atoms with E-state index in [1.807, 2.05) is 54.6 Å². The number of hydrogen-bond donors (Lipinski definition) is 0. The monoisotopic (exact) mass is 333 g/mol. The maximum atomic E-state index is 9.86. The summed E-state index contributed by atoms with van der Waals surface area (Å²) in [5, 5.41) is 11.7. The SMILES string of the molecule is COc1cccc(C(C#N)c2cc(OC)c3ccccc3c2OC)c1. The van der Waals surface area contributed by atoms with Crippen LogP contribution in [-0.4, -0.2) is 21.3 Å². The first-order valence-electron chi connectivity index (χ1n) is 7.90. The molecule has 126 valence electrons. The molecule has 0 fully saturated rings. The molecule has 3 aromatic rings. The van der Waals surface area contributed by atoms with Gasteiger partial charge in [0.2, 0.25) is 0 Å². The topological polar surface area (TPSA) is 51.5 Å². The molecule has 0 aliphatic heterocycles. The lowest BCUT2D eigenvalue weighted by atomic mass is 9.89. The zero-order valence-corrected chi connectivity index (χ0v) is 14.4. The molecule has 1 unspecified atom stereocenters. The van der Waals surface area contributed by atoms with Crippen LogP contribution in [0.15, 0.2) is 54.6 Å². The molecule has 0 aliphatic carbocycles. The fraction of sp³-hybridized carbons (Fsp3) is 0.190. The number of hydrogen-bond acceptors (Lipinski definition) is 4. The predicted octanol–water partition coefficient (Wildman–Crippen LogP) is 4.52. The maximum absolute atomic E-state index is 9.86. The number of methoxy groups -OCH3 is 3. The smallest absolute Gasteiger partial charge is 0.131 e. The van der Waals surface area contributed by atoms with Crippen LogP contribution in [0.3, 0.4) is 0 Å². The Hall–Kier alpha value is -3.19. The molecule has 0 aromatic heterocycles. The van der Waals surface area contributed by atoms with E-state index in [0.717, 1.165) is 27.6 Å². The van der Waals surface area contributed by atoms with Gasteiger partial charge < -0.3 is 14.2 Å². The van der Waals surface area contributed by atoms with Crippen LogP contribution in [0.5, 0.6) is 17.2 Å². The normalized spacial score (nSPS) is 11.6. The van der Waals surface area contributed by atoms with Crippen molar-refractivity contribution >= 4 is 10.8 Å². The van der Waals surface area contributed by atoms with Crippen molar-refractivity contribution in [3.63, 3.8) is 0 Å². The number of benzene rings is 3. The van der Waals surface area contributed by atoms with Gasteiger partial charge in [0.1, 0.15) is 23.2 Å². The second-order valence-corrected chi connectivity index (χ2v) is 5.59. The minimum absolute atomic E-state index is 0.497. The Morgan fingerprint density at radius 2 is 1.60 bits per heavy atom. The highest BCUT2D eigenvalue weighted by Crippen LogP contribution is 2.42. The van der Waals surface area contributed by atoms with E-state index in [1.165, 1.54) is 0 Å². The van der Waals surface area contributed by atoms with Gasteiger partial charge in [0.15, 0.2) is 0 Å². The highest BCUT2D eigenvalue weighted by molar-refractivity contribution is 5.95. The van der Waals surface area contributed by atoms with E-state index >= 15 is 0 Å². The first kappa shape index (κ1) is 16.7. The van der Waals surface area contributed by atoms with Gasteiger partial charge in [-0.3, -0.25) is 0 Å². The van der Waals surface area contributed by atoms with Gasteiger partial charge in [0.25, 0.3) is 0 Å². The van der Waals surface area contributed by atoms with E-state index in [2.05, 4.69) is 6.07 Å². The fourth-order valence-electron chi connectivity index (χ4n) is 3.09. The van der Waals surface area contributed by atoms with Crippen molar-refractivity contribution in [2.75, 3.05) is 21.3 Å². The maximum Gasteiger partial charge on any atom is 0.131 e. The van der Waals surface area contributed by atoms with Crippen LogP contribution >= 0.6 is 0 Å².